The van der Waals surface area contributed by atoms with E-state index < -0.39 is 0 Å². The quantitative estimate of drug-likeness (QED) is 0.766. The van der Waals surface area contributed by atoms with E-state index in [-0.39, 0.29) is 0 Å². The minimum atomic E-state index is 0.516. The van der Waals surface area contributed by atoms with Gasteiger partial charge in [0.05, 0.1) is 5.69 Å². The van der Waals surface area contributed by atoms with Crippen molar-refractivity contribution in [1.82, 2.24) is 9.97 Å². The molecule has 2 nitrogen and oxygen atoms in total. The normalized spacial score (nSPS) is 10.7. The van der Waals surface area contributed by atoms with E-state index in [1.54, 1.807) is 0 Å². The summed E-state index contributed by atoms with van der Waals surface area (Å²) in [5.41, 5.74) is 4.48. The third-order valence-corrected chi connectivity index (χ3v) is 2.93. The number of halogens is 1. The zero-order valence-electron chi connectivity index (χ0n) is 11.0. The van der Waals surface area contributed by atoms with Gasteiger partial charge in [0.15, 0.2) is 0 Å². The molecule has 0 aliphatic heterocycles. The van der Waals surface area contributed by atoms with Gasteiger partial charge in [-0.25, -0.2) is 9.97 Å². The van der Waals surface area contributed by atoms with E-state index in [1.807, 2.05) is 6.07 Å². The summed E-state index contributed by atoms with van der Waals surface area (Å²) in [6.45, 7) is 6.29. The maximum atomic E-state index is 6.06. The van der Waals surface area contributed by atoms with Crippen LogP contribution in [0.2, 0.25) is 5.15 Å². The molecular formula is C15H17ClN2. The Morgan fingerprint density at radius 2 is 1.67 bits per heavy atom. The molecule has 1 aromatic carbocycles. The highest BCUT2D eigenvalue weighted by Gasteiger charge is 2.06. The Bertz CT molecular complexity index is 544. The highest BCUT2D eigenvalue weighted by Crippen LogP contribution is 2.22. The Labute approximate surface area is 113 Å². The number of benzene rings is 1. The van der Waals surface area contributed by atoms with E-state index in [4.69, 9.17) is 11.6 Å². The summed E-state index contributed by atoms with van der Waals surface area (Å²) >= 11 is 6.06. The molecule has 0 saturated heterocycles. The van der Waals surface area contributed by atoms with Crippen molar-refractivity contribution in [3.63, 3.8) is 0 Å². The van der Waals surface area contributed by atoms with Crippen LogP contribution in [0.4, 0.5) is 0 Å². The van der Waals surface area contributed by atoms with Crippen molar-refractivity contribution in [2.45, 2.75) is 33.6 Å². The zero-order valence-corrected chi connectivity index (χ0v) is 11.8. The van der Waals surface area contributed by atoms with Crippen LogP contribution in [-0.4, -0.2) is 9.97 Å². The molecule has 0 N–H and O–H groups in total. The van der Waals surface area contributed by atoms with Gasteiger partial charge >= 0.3 is 0 Å². The standard InChI is InChI=1S/C15H17ClN2/c1-4-5-15-17-13(9-14(16)18-15)12-7-10(2)6-11(3)8-12/h6-9H,4-5H2,1-3H3. The summed E-state index contributed by atoms with van der Waals surface area (Å²) < 4.78 is 0. The average Bonchev–Trinajstić information content (AvgIpc) is 2.27. The fraction of sp³-hybridized carbons (Fsp3) is 0.333. The number of nitrogens with zero attached hydrogens (tertiary/aromatic N) is 2. The minimum absolute atomic E-state index is 0.516. The lowest BCUT2D eigenvalue weighted by atomic mass is 10.0. The van der Waals surface area contributed by atoms with E-state index in [2.05, 4.69) is 48.9 Å². The van der Waals surface area contributed by atoms with Crippen molar-refractivity contribution < 1.29 is 0 Å². The second kappa shape index (κ2) is 5.49. The predicted molar refractivity (Wildman–Crippen MR) is 75.9 cm³/mol. The molecule has 0 unspecified atom stereocenters. The summed E-state index contributed by atoms with van der Waals surface area (Å²) in [7, 11) is 0. The molecule has 0 saturated carbocycles. The van der Waals surface area contributed by atoms with E-state index in [9.17, 15) is 0 Å². The topological polar surface area (TPSA) is 25.8 Å². The molecule has 0 atom stereocenters. The summed E-state index contributed by atoms with van der Waals surface area (Å²) in [6.07, 6.45) is 1.88. The molecule has 0 aliphatic rings. The van der Waals surface area contributed by atoms with Crippen LogP contribution in [0.25, 0.3) is 11.3 Å². The SMILES string of the molecule is CCCc1nc(Cl)cc(-c2cc(C)cc(C)c2)n1. The lowest BCUT2D eigenvalue weighted by Crippen LogP contribution is -1.97. The first-order valence-corrected chi connectivity index (χ1v) is 6.58. The molecule has 3 heteroatoms. The third-order valence-electron chi connectivity index (χ3n) is 2.73. The Hall–Kier alpha value is -1.41. The van der Waals surface area contributed by atoms with Crippen LogP contribution in [0.15, 0.2) is 24.3 Å². The monoisotopic (exact) mass is 260 g/mol. The fourth-order valence-corrected chi connectivity index (χ4v) is 2.27. The molecule has 1 aromatic heterocycles. The van der Waals surface area contributed by atoms with Gasteiger partial charge in [-0.15, -0.1) is 0 Å². The number of aromatic nitrogens is 2. The lowest BCUT2D eigenvalue weighted by molar-refractivity contribution is 0.836. The molecule has 0 spiro atoms. The van der Waals surface area contributed by atoms with Gasteiger partial charge in [0.1, 0.15) is 11.0 Å². The fourth-order valence-electron chi connectivity index (χ4n) is 2.07. The van der Waals surface area contributed by atoms with Crippen LogP contribution < -0.4 is 0 Å². The molecule has 0 fully saturated rings. The van der Waals surface area contributed by atoms with Crippen LogP contribution in [0, 0.1) is 13.8 Å². The largest absolute Gasteiger partial charge is 0.233 e. The molecule has 94 valence electrons. The van der Waals surface area contributed by atoms with Gasteiger partial charge in [0.2, 0.25) is 0 Å². The Morgan fingerprint density at radius 1 is 1.00 bits per heavy atom. The van der Waals surface area contributed by atoms with Gasteiger partial charge in [0.25, 0.3) is 0 Å². The molecule has 1 heterocycles. The molecule has 0 radical (unpaired) electrons. The van der Waals surface area contributed by atoms with Crippen LogP contribution in [0.5, 0.6) is 0 Å². The van der Waals surface area contributed by atoms with Gasteiger partial charge in [-0.3, -0.25) is 0 Å². The van der Waals surface area contributed by atoms with Gasteiger partial charge in [0, 0.05) is 18.1 Å². The molecule has 0 aliphatic carbocycles. The van der Waals surface area contributed by atoms with Crippen LogP contribution in [0.1, 0.15) is 30.3 Å². The molecule has 2 aromatic rings. The van der Waals surface area contributed by atoms with E-state index in [1.165, 1.54) is 11.1 Å². The van der Waals surface area contributed by atoms with Gasteiger partial charge in [-0.1, -0.05) is 35.7 Å². The van der Waals surface area contributed by atoms with E-state index in [0.717, 1.165) is 29.9 Å². The number of hydrogen-bond acceptors (Lipinski definition) is 2. The molecule has 18 heavy (non-hydrogen) atoms. The highest BCUT2D eigenvalue weighted by molar-refractivity contribution is 6.29. The second-order valence-electron chi connectivity index (χ2n) is 4.62. The summed E-state index contributed by atoms with van der Waals surface area (Å²) in [5, 5.41) is 0.516. The Kier molecular flexibility index (Phi) is 3.97. The van der Waals surface area contributed by atoms with E-state index >= 15 is 0 Å². The first-order valence-electron chi connectivity index (χ1n) is 6.20. The maximum absolute atomic E-state index is 6.06. The summed E-state index contributed by atoms with van der Waals surface area (Å²) in [4.78, 5) is 8.83. The highest BCUT2D eigenvalue weighted by atomic mass is 35.5. The smallest absolute Gasteiger partial charge is 0.133 e. The zero-order chi connectivity index (χ0) is 13.1. The average molecular weight is 261 g/mol. The minimum Gasteiger partial charge on any atom is -0.233 e. The lowest BCUT2D eigenvalue weighted by Gasteiger charge is -2.07. The summed E-state index contributed by atoms with van der Waals surface area (Å²) in [6, 6.07) is 8.23. The van der Waals surface area contributed by atoms with Crippen LogP contribution in [0.3, 0.4) is 0 Å². The Morgan fingerprint density at radius 3 is 2.28 bits per heavy atom. The van der Waals surface area contributed by atoms with Crippen molar-refractivity contribution in [3.8, 4) is 11.3 Å². The molecule has 2 rings (SSSR count). The predicted octanol–water partition coefficient (Wildman–Crippen LogP) is 4.37. The summed E-state index contributed by atoms with van der Waals surface area (Å²) in [5.74, 6) is 0.819. The first kappa shape index (κ1) is 13.0. The third kappa shape index (κ3) is 3.08. The van der Waals surface area contributed by atoms with Crippen molar-refractivity contribution in [1.29, 1.82) is 0 Å². The number of rotatable bonds is 3. The van der Waals surface area contributed by atoms with Gasteiger partial charge < -0.3 is 0 Å². The van der Waals surface area contributed by atoms with Crippen molar-refractivity contribution in [2.75, 3.05) is 0 Å². The first-order chi connectivity index (χ1) is 8.58. The van der Waals surface area contributed by atoms with Gasteiger partial charge in [-0.05, 0) is 32.4 Å². The number of hydrogen-bond donors (Lipinski definition) is 0. The molecule has 0 amide bonds. The van der Waals surface area contributed by atoms with Crippen LogP contribution in [-0.2, 0) is 6.42 Å². The molecular weight excluding hydrogens is 244 g/mol. The number of aryl methyl sites for hydroxylation is 3. The van der Waals surface area contributed by atoms with E-state index in [0.29, 0.717) is 5.15 Å². The van der Waals surface area contributed by atoms with Crippen molar-refractivity contribution in [2.24, 2.45) is 0 Å². The molecule has 0 bridgehead atoms. The second-order valence-corrected chi connectivity index (χ2v) is 5.01. The van der Waals surface area contributed by atoms with Crippen LogP contribution >= 0.6 is 11.6 Å². The van der Waals surface area contributed by atoms with Gasteiger partial charge in [-0.2, -0.15) is 0 Å². The Balaban J connectivity index is 2.49. The maximum Gasteiger partial charge on any atom is 0.133 e. The van der Waals surface area contributed by atoms with Crippen molar-refractivity contribution >= 4 is 11.6 Å². The van der Waals surface area contributed by atoms with Crippen molar-refractivity contribution in [3.05, 3.63) is 46.4 Å².